The van der Waals surface area contributed by atoms with Crippen molar-refractivity contribution in [2.24, 2.45) is 0 Å². The van der Waals surface area contributed by atoms with E-state index in [2.05, 4.69) is 0 Å². The van der Waals surface area contributed by atoms with Crippen molar-refractivity contribution in [2.75, 3.05) is 26.0 Å². The quantitative estimate of drug-likeness (QED) is 0.483. The van der Waals surface area contributed by atoms with Gasteiger partial charge in [0, 0.05) is 26.5 Å². The van der Waals surface area contributed by atoms with Crippen molar-refractivity contribution in [3.63, 3.8) is 0 Å². The van der Waals surface area contributed by atoms with E-state index in [1.54, 1.807) is 14.2 Å². The van der Waals surface area contributed by atoms with Crippen LogP contribution in [0, 0.1) is 0 Å². The normalized spacial score (nSPS) is 12.0. The van der Waals surface area contributed by atoms with Gasteiger partial charge >= 0.3 is 0 Å². The maximum absolute atomic E-state index is 5.59. The fourth-order valence-corrected chi connectivity index (χ4v) is 1.25. The van der Waals surface area contributed by atoms with Gasteiger partial charge in [0.05, 0.1) is 5.88 Å². The van der Waals surface area contributed by atoms with Gasteiger partial charge in [-0.25, -0.2) is 0 Å². The van der Waals surface area contributed by atoms with Gasteiger partial charge in [-0.3, -0.25) is 0 Å². The zero-order valence-electron chi connectivity index (χ0n) is 6.19. The molecule has 0 saturated heterocycles. The lowest BCUT2D eigenvalue weighted by molar-refractivity contribution is -0.190. The number of ether oxygens (including phenoxy) is 2. The highest BCUT2D eigenvalue weighted by Crippen LogP contribution is 2.18. The van der Waals surface area contributed by atoms with Crippen LogP contribution in [0.4, 0.5) is 0 Å². The average molecular weight is 187 g/mol. The number of hydrogen-bond donors (Lipinski definition) is 0. The van der Waals surface area contributed by atoms with E-state index in [9.17, 15) is 0 Å². The Balaban J connectivity index is 3.87. The summed E-state index contributed by atoms with van der Waals surface area (Å²) in [5.74, 6) is 0.0877. The van der Waals surface area contributed by atoms with E-state index in [1.165, 1.54) is 0 Å². The Morgan fingerprint density at radius 2 is 1.70 bits per heavy atom. The molecule has 10 heavy (non-hydrogen) atoms. The highest BCUT2D eigenvalue weighted by Gasteiger charge is 2.27. The number of methoxy groups -OCH3 is 2. The second-order valence-corrected chi connectivity index (χ2v) is 2.54. The van der Waals surface area contributed by atoms with Crippen LogP contribution in [0.5, 0.6) is 0 Å². The lowest BCUT2D eigenvalue weighted by Crippen LogP contribution is -2.36. The van der Waals surface area contributed by atoms with E-state index in [1.807, 2.05) is 0 Å². The molecule has 0 radical (unpaired) electrons. The molecule has 4 heteroatoms. The molecule has 0 aliphatic carbocycles. The maximum atomic E-state index is 5.59. The molecule has 0 fully saturated rings. The van der Waals surface area contributed by atoms with E-state index in [-0.39, 0.29) is 0 Å². The van der Waals surface area contributed by atoms with Gasteiger partial charge in [0.25, 0.3) is 0 Å². The molecule has 0 rings (SSSR count). The number of hydrogen-bond acceptors (Lipinski definition) is 2. The maximum Gasteiger partial charge on any atom is 0.182 e. The van der Waals surface area contributed by atoms with Gasteiger partial charge in [0.15, 0.2) is 5.79 Å². The average Bonchev–Trinajstić information content (AvgIpc) is 2.01. The molecule has 0 heterocycles. The third-order valence-corrected chi connectivity index (χ3v) is 2.02. The van der Waals surface area contributed by atoms with Gasteiger partial charge in [-0.05, 0) is 0 Å². The van der Waals surface area contributed by atoms with Crippen LogP contribution >= 0.6 is 23.2 Å². The van der Waals surface area contributed by atoms with E-state index in [0.717, 1.165) is 0 Å². The fraction of sp³-hybridized carbons (Fsp3) is 1.00. The highest BCUT2D eigenvalue weighted by atomic mass is 35.5. The first-order chi connectivity index (χ1) is 4.74. The zero-order valence-corrected chi connectivity index (χ0v) is 7.71. The van der Waals surface area contributed by atoms with Crippen molar-refractivity contribution in [3.8, 4) is 0 Å². The van der Waals surface area contributed by atoms with E-state index >= 15 is 0 Å². The Bertz CT molecular complexity index is 75.6. The number of alkyl halides is 2. The van der Waals surface area contributed by atoms with Crippen LogP contribution in [0.15, 0.2) is 0 Å². The van der Waals surface area contributed by atoms with Crippen LogP contribution < -0.4 is 0 Å². The second kappa shape index (κ2) is 5.19. The summed E-state index contributed by atoms with van der Waals surface area (Å²) in [4.78, 5) is 0. The zero-order chi connectivity index (χ0) is 8.04. The minimum absolute atomic E-state index is 0.298. The van der Waals surface area contributed by atoms with Crippen LogP contribution in [-0.4, -0.2) is 31.8 Å². The molecule has 0 bridgehead atoms. The summed E-state index contributed by atoms with van der Waals surface area (Å²) in [6.07, 6.45) is 0.602. The SMILES string of the molecule is COC(CCl)(CCCl)OC. The minimum Gasteiger partial charge on any atom is -0.352 e. The molecular weight excluding hydrogens is 175 g/mol. The minimum atomic E-state index is -0.691. The van der Waals surface area contributed by atoms with E-state index in [0.29, 0.717) is 18.2 Å². The summed E-state index contributed by atoms with van der Waals surface area (Å²) in [7, 11) is 3.11. The summed E-state index contributed by atoms with van der Waals surface area (Å²) in [5, 5.41) is 0. The molecule has 0 aliphatic rings. The molecule has 0 aliphatic heterocycles. The summed E-state index contributed by atoms with van der Waals surface area (Å²) in [6.45, 7) is 0. The van der Waals surface area contributed by atoms with Gasteiger partial charge in [-0.15, -0.1) is 23.2 Å². The largest absolute Gasteiger partial charge is 0.352 e. The molecule has 0 saturated carbocycles. The highest BCUT2D eigenvalue weighted by molar-refractivity contribution is 6.19. The van der Waals surface area contributed by atoms with Crippen LogP contribution in [0.2, 0.25) is 0 Å². The van der Waals surface area contributed by atoms with E-state index in [4.69, 9.17) is 32.7 Å². The van der Waals surface area contributed by atoms with Gasteiger partial charge in [-0.1, -0.05) is 0 Å². The molecule has 0 unspecified atom stereocenters. The second-order valence-electron chi connectivity index (χ2n) is 1.89. The van der Waals surface area contributed by atoms with Crippen LogP contribution in [-0.2, 0) is 9.47 Å². The Kier molecular flexibility index (Phi) is 5.45. The molecule has 0 spiro atoms. The predicted octanol–water partition coefficient (Wildman–Crippen LogP) is 1.84. The van der Waals surface area contributed by atoms with Crippen molar-refractivity contribution in [1.29, 1.82) is 0 Å². The lowest BCUT2D eigenvalue weighted by atomic mass is 10.2. The first kappa shape index (κ1) is 10.5. The van der Waals surface area contributed by atoms with Crippen molar-refractivity contribution < 1.29 is 9.47 Å². The molecule has 0 atom stereocenters. The smallest absolute Gasteiger partial charge is 0.182 e. The first-order valence-corrected chi connectivity index (χ1v) is 4.04. The molecule has 0 aromatic heterocycles. The number of halogens is 2. The Morgan fingerprint density at radius 1 is 1.20 bits per heavy atom. The van der Waals surface area contributed by atoms with Crippen molar-refractivity contribution >= 4 is 23.2 Å². The lowest BCUT2D eigenvalue weighted by Gasteiger charge is -2.27. The van der Waals surface area contributed by atoms with Gasteiger partial charge in [0.2, 0.25) is 0 Å². The number of rotatable bonds is 5. The molecule has 0 aromatic rings. The Labute approximate surface area is 71.4 Å². The Morgan fingerprint density at radius 3 is 1.80 bits per heavy atom. The fourth-order valence-electron chi connectivity index (χ4n) is 0.607. The summed E-state index contributed by atoms with van der Waals surface area (Å²) in [6, 6.07) is 0. The summed E-state index contributed by atoms with van der Waals surface area (Å²) >= 11 is 11.1. The van der Waals surface area contributed by atoms with Gasteiger partial charge in [-0.2, -0.15) is 0 Å². The first-order valence-electron chi connectivity index (χ1n) is 2.97. The molecule has 62 valence electrons. The molecule has 2 nitrogen and oxygen atoms in total. The topological polar surface area (TPSA) is 18.5 Å². The summed E-state index contributed by atoms with van der Waals surface area (Å²) < 4.78 is 10.1. The Hall–Kier alpha value is 0.500. The van der Waals surface area contributed by atoms with Crippen molar-refractivity contribution in [2.45, 2.75) is 12.2 Å². The van der Waals surface area contributed by atoms with Crippen LogP contribution in [0.25, 0.3) is 0 Å². The van der Waals surface area contributed by atoms with Gasteiger partial charge in [0.1, 0.15) is 0 Å². The van der Waals surface area contributed by atoms with E-state index < -0.39 is 5.79 Å². The van der Waals surface area contributed by atoms with Crippen molar-refractivity contribution in [3.05, 3.63) is 0 Å². The van der Waals surface area contributed by atoms with Crippen LogP contribution in [0.1, 0.15) is 6.42 Å². The standard InChI is InChI=1S/C6H12Cl2O2/c1-9-6(5-8,10-2)3-4-7/h3-5H2,1-2H3. The monoisotopic (exact) mass is 186 g/mol. The molecule has 0 amide bonds. The van der Waals surface area contributed by atoms with Crippen LogP contribution in [0.3, 0.4) is 0 Å². The van der Waals surface area contributed by atoms with Gasteiger partial charge < -0.3 is 9.47 Å². The molecule has 0 aromatic carbocycles. The van der Waals surface area contributed by atoms with Crippen molar-refractivity contribution in [1.82, 2.24) is 0 Å². The third-order valence-electron chi connectivity index (χ3n) is 1.42. The predicted molar refractivity (Wildman–Crippen MR) is 42.8 cm³/mol. The molecular formula is C6H12Cl2O2. The summed E-state index contributed by atoms with van der Waals surface area (Å²) in [5.41, 5.74) is 0. The molecule has 0 N–H and O–H groups in total. The third kappa shape index (κ3) is 2.62.